The largest absolute Gasteiger partial charge is 0.330 e. The first kappa shape index (κ1) is 14.5. The molecule has 2 rings (SSSR count). The Kier molecular flexibility index (Phi) is 4.61. The summed E-state index contributed by atoms with van der Waals surface area (Å²) < 4.78 is 0. The van der Waals surface area contributed by atoms with Gasteiger partial charge >= 0.3 is 0 Å². The van der Waals surface area contributed by atoms with Gasteiger partial charge in [0.2, 0.25) is 0 Å². The van der Waals surface area contributed by atoms with E-state index in [2.05, 4.69) is 31.0 Å². The van der Waals surface area contributed by atoms with E-state index >= 15 is 0 Å². The van der Waals surface area contributed by atoms with Crippen LogP contribution < -0.4 is 5.73 Å². The van der Waals surface area contributed by atoms with E-state index in [0.717, 1.165) is 18.1 Å². The van der Waals surface area contributed by atoms with E-state index in [1.54, 1.807) is 0 Å². The fourth-order valence-corrected chi connectivity index (χ4v) is 3.05. The molecule has 1 aromatic rings. The van der Waals surface area contributed by atoms with Crippen molar-refractivity contribution < 1.29 is 0 Å². The minimum Gasteiger partial charge on any atom is -0.330 e. The summed E-state index contributed by atoms with van der Waals surface area (Å²) in [5, 5.41) is 7.59. The first-order valence-corrected chi connectivity index (χ1v) is 7.62. The third-order valence-electron chi connectivity index (χ3n) is 4.02. The highest BCUT2D eigenvalue weighted by molar-refractivity contribution is 5.04. The third-order valence-corrected chi connectivity index (χ3v) is 4.02. The van der Waals surface area contributed by atoms with Crippen LogP contribution in [0.3, 0.4) is 0 Å². The van der Waals surface area contributed by atoms with Crippen molar-refractivity contribution in [2.75, 3.05) is 6.54 Å². The average Bonchev–Trinajstić information content (AvgIpc) is 2.85. The second kappa shape index (κ2) is 6.04. The topological polar surface area (TPSA) is 67.6 Å². The van der Waals surface area contributed by atoms with Crippen LogP contribution in [0.2, 0.25) is 0 Å². The molecular weight excluding hydrogens is 236 g/mol. The molecule has 4 heteroatoms. The van der Waals surface area contributed by atoms with Crippen molar-refractivity contribution in [3.63, 3.8) is 0 Å². The van der Waals surface area contributed by atoms with Crippen LogP contribution in [0.4, 0.5) is 0 Å². The summed E-state index contributed by atoms with van der Waals surface area (Å²) in [6.07, 6.45) is 7.55. The summed E-state index contributed by atoms with van der Waals surface area (Å²) in [4.78, 5) is 4.74. The maximum absolute atomic E-state index is 5.91. The lowest BCUT2D eigenvalue weighted by molar-refractivity contribution is 0.336. The Hall–Kier alpha value is -0.900. The molecule has 4 nitrogen and oxygen atoms in total. The predicted molar refractivity (Wildman–Crippen MR) is 78.1 cm³/mol. The Labute approximate surface area is 116 Å². The Balaban J connectivity index is 2.05. The standard InChI is InChI=1S/C15H28N4/c1-15(2,3)9-12(10-16)14-17-13(18-19-14)11-7-5-4-6-8-11/h11-12H,4-10,16H2,1-3H3,(H,17,18,19). The van der Waals surface area contributed by atoms with Gasteiger partial charge in [0.25, 0.3) is 0 Å². The van der Waals surface area contributed by atoms with E-state index in [-0.39, 0.29) is 11.3 Å². The van der Waals surface area contributed by atoms with Crippen LogP contribution in [-0.2, 0) is 0 Å². The number of hydrogen-bond donors (Lipinski definition) is 2. The lowest BCUT2D eigenvalue weighted by atomic mass is 9.84. The number of nitrogens with one attached hydrogen (secondary N) is 1. The zero-order valence-electron chi connectivity index (χ0n) is 12.6. The molecule has 3 N–H and O–H groups in total. The molecule has 1 fully saturated rings. The highest BCUT2D eigenvalue weighted by Crippen LogP contribution is 2.32. The molecule has 1 heterocycles. The van der Waals surface area contributed by atoms with Gasteiger partial charge in [0.05, 0.1) is 0 Å². The molecule has 0 saturated heterocycles. The van der Waals surface area contributed by atoms with Gasteiger partial charge in [0, 0.05) is 18.4 Å². The van der Waals surface area contributed by atoms with Crippen LogP contribution in [-0.4, -0.2) is 21.7 Å². The maximum Gasteiger partial charge on any atom is 0.155 e. The Morgan fingerprint density at radius 1 is 1.26 bits per heavy atom. The summed E-state index contributed by atoms with van der Waals surface area (Å²) in [6.45, 7) is 7.35. The molecule has 0 radical (unpaired) electrons. The highest BCUT2D eigenvalue weighted by atomic mass is 15.2. The van der Waals surface area contributed by atoms with Crippen molar-refractivity contribution in [3.05, 3.63) is 11.6 Å². The monoisotopic (exact) mass is 264 g/mol. The lowest BCUT2D eigenvalue weighted by Crippen LogP contribution is -2.20. The van der Waals surface area contributed by atoms with Crippen LogP contribution in [0.5, 0.6) is 0 Å². The van der Waals surface area contributed by atoms with E-state index in [0.29, 0.717) is 12.5 Å². The number of nitrogens with two attached hydrogens (primary N) is 1. The second-order valence-electron chi connectivity index (χ2n) is 7.11. The number of nitrogens with zero attached hydrogens (tertiary/aromatic N) is 2. The SMILES string of the molecule is CC(C)(C)CC(CN)c1n[nH]c(C2CCCCC2)n1. The van der Waals surface area contributed by atoms with Crippen LogP contribution in [0, 0.1) is 5.41 Å². The fourth-order valence-electron chi connectivity index (χ4n) is 3.05. The third kappa shape index (κ3) is 4.03. The molecule has 0 amide bonds. The average molecular weight is 264 g/mol. The predicted octanol–water partition coefficient (Wildman–Crippen LogP) is 3.33. The quantitative estimate of drug-likeness (QED) is 0.876. The first-order valence-electron chi connectivity index (χ1n) is 7.62. The number of hydrogen-bond acceptors (Lipinski definition) is 3. The van der Waals surface area contributed by atoms with Crippen molar-refractivity contribution in [3.8, 4) is 0 Å². The Morgan fingerprint density at radius 2 is 1.95 bits per heavy atom. The molecule has 0 aromatic carbocycles. The van der Waals surface area contributed by atoms with Crippen molar-refractivity contribution in [1.82, 2.24) is 15.2 Å². The van der Waals surface area contributed by atoms with Crippen LogP contribution >= 0.6 is 0 Å². The van der Waals surface area contributed by atoms with Crippen molar-refractivity contribution >= 4 is 0 Å². The fraction of sp³-hybridized carbons (Fsp3) is 0.867. The summed E-state index contributed by atoms with van der Waals surface area (Å²) in [5.74, 6) is 2.86. The molecular formula is C15H28N4. The zero-order chi connectivity index (χ0) is 13.9. The van der Waals surface area contributed by atoms with E-state index in [1.165, 1.54) is 32.1 Å². The van der Waals surface area contributed by atoms with E-state index in [9.17, 15) is 0 Å². The van der Waals surface area contributed by atoms with Crippen LogP contribution in [0.1, 0.15) is 82.8 Å². The Morgan fingerprint density at radius 3 is 2.53 bits per heavy atom. The maximum atomic E-state index is 5.91. The summed E-state index contributed by atoms with van der Waals surface area (Å²) in [7, 11) is 0. The number of aromatic amines is 1. The van der Waals surface area contributed by atoms with Gasteiger partial charge in [-0.1, -0.05) is 40.0 Å². The minimum atomic E-state index is 0.260. The van der Waals surface area contributed by atoms with Gasteiger partial charge in [-0.15, -0.1) is 0 Å². The molecule has 108 valence electrons. The molecule has 1 saturated carbocycles. The summed E-state index contributed by atoms with van der Waals surface area (Å²) >= 11 is 0. The first-order chi connectivity index (χ1) is 8.99. The lowest BCUT2D eigenvalue weighted by Gasteiger charge is -2.23. The van der Waals surface area contributed by atoms with Gasteiger partial charge in [-0.25, -0.2) is 4.98 Å². The highest BCUT2D eigenvalue weighted by Gasteiger charge is 2.25. The molecule has 1 unspecified atom stereocenters. The van der Waals surface area contributed by atoms with Crippen molar-refractivity contribution in [2.45, 2.75) is 71.1 Å². The van der Waals surface area contributed by atoms with Gasteiger partial charge in [-0.3, -0.25) is 5.10 Å². The van der Waals surface area contributed by atoms with E-state index in [1.807, 2.05) is 0 Å². The van der Waals surface area contributed by atoms with Gasteiger partial charge in [-0.05, 0) is 24.7 Å². The molecule has 0 aliphatic heterocycles. The number of rotatable bonds is 4. The molecule has 1 aromatic heterocycles. The normalized spacial score (nSPS) is 19.6. The minimum absolute atomic E-state index is 0.260. The molecule has 0 bridgehead atoms. The molecule has 1 atom stereocenters. The van der Waals surface area contributed by atoms with Crippen LogP contribution in [0.25, 0.3) is 0 Å². The van der Waals surface area contributed by atoms with Crippen molar-refractivity contribution in [1.29, 1.82) is 0 Å². The van der Waals surface area contributed by atoms with Crippen molar-refractivity contribution in [2.24, 2.45) is 11.1 Å². The van der Waals surface area contributed by atoms with Gasteiger partial charge in [0.1, 0.15) is 5.82 Å². The second-order valence-corrected chi connectivity index (χ2v) is 7.11. The molecule has 0 spiro atoms. The van der Waals surface area contributed by atoms with Gasteiger partial charge < -0.3 is 5.73 Å². The van der Waals surface area contributed by atoms with Gasteiger partial charge in [0.15, 0.2) is 5.82 Å². The summed E-state index contributed by atoms with van der Waals surface area (Å²) in [5.41, 5.74) is 6.17. The summed E-state index contributed by atoms with van der Waals surface area (Å²) in [6, 6.07) is 0. The molecule has 19 heavy (non-hydrogen) atoms. The number of H-pyrrole nitrogens is 1. The Bertz CT molecular complexity index is 385. The van der Waals surface area contributed by atoms with Gasteiger partial charge in [-0.2, -0.15) is 5.10 Å². The van der Waals surface area contributed by atoms with E-state index < -0.39 is 0 Å². The zero-order valence-corrected chi connectivity index (χ0v) is 12.6. The van der Waals surface area contributed by atoms with Crippen LogP contribution in [0.15, 0.2) is 0 Å². The van der Waals surface area contributed by atoms with E-state index in [4.69, 9.17) is 10.7 Å². The molecule has 1 aliphatic carbocycles. The smallest absolute Gasteiger partial charge is 0.155 e. The number of aromatic nitrogens is 3. The molecule has 1 aliphatic rings.